The monoisotopic (exact) mass is 717 g/mol. The van der Waals surface area contributed by atoms with Crippen molar-refractivity contribution in [2.24, 2.45) is 0 Å². The lowest BCUT2D eigenvalue weighted by molar-refractivity contribution is 0.487. The van der Waals surface area contributed by atoms with E-state index in [9.17, 15) is 0 Å². The number of hydrogen-bond donors (Lipinski definition) is 0. The second kappa shape index (κ2) is 12.6. The molecule has 0 radical (unpaired) electrons. The Morgan fingerprint density at radius 1 is 0.345 bits per heavy atom. The fraction of sp³-hybridized carbons (Fsp3) is 0. The smallest absolute Gasteiger partial charge is 0.189 e. The summed E-state index contributed by atoms with van der Waals surface area (Å²) in [5, 5.41) is 7.95. The van der Waals surface area contributed by atoms with Gasteiger partial charge in [-0.15, -0.1) is 0 Å². The molecule has 0 saturated heterocycles. The van der Waals surface area contributed by atoms with Crippen LogP contribution >= 0.6 is 0 Å². The molecular weight excluding hydrogens is 683 g/mol. The highest BCUT2D eigenvalue weighted by atomic mass is 28.3. The van der Waals surface area contributed by atoms with Gasteiger partial charge in [0.15, 0.2) is 8.07 Å². The largest absolute Gasteiger partial charge is 0.458 e. The Morgan fingerprint density at radius 2 is 0.891 bits per heavy atom. The Kier molecular flexibility index (Phi) is 7.22. The van der Waals surface area contributed by atoms with Crippen LogP contribution in [0.1, 0.15) is 0 Å². The second-order valence-corrected chi connectivity index (χ2v) is 18.1. The van der Waals surface area contributed by atoms with Crippen LogP contribution in [0.2, 0.25) is 0 Å². The minimum atomic E-state index is -2.69. The first-order valence-corrected chi connectivity index (χ1v) is 20.9. The van der Waals surface area contributed by atoms with Crippen molar-refractivity contribution in [1.82, 2.24) is 0 Å². The summed E-state index contributed by atoms with van der Waals surface area (Å²) in [7, 11) is -2.69. The number of nitrogens with zero attached hydrogens (tertiary/aromatic N) is 1. The molecule has 55 heavy (non-hydrogen) atoms. The maximum Gasteiger partial charge on any atom is 0.189 e. The van der Waals surface area contributed by atoms with Gasteiger partial charge in [0.1, 0.15) is 11.5 Å². The maximum absolute atomic E-state index is 6.62. The lowest BCUT2D eigenvalue weighted by Crippen LogP contribution is -2.74. The van der Waals surface area contributed by atoms with Crippen LogP contribution in [0.5, 0.6) is 11.5 Å². The van der Waals surface area contributed by atoms with E-state index in [0.29, 0.717) is 0 Å². The summed E-state index contributed by atoms with van der Waals surface area (Å²) < 4.78 is 6.62. The van der Waals surface area contributed by atoms with Crippen molar-refractivity contribution in [3.05, 3.63) is 212 Å². The molecule has 11 rings (SSSR count). The van der Waals surface area contributed by atoms with Gasteiger partial charge in [0.05, 0.1) is 5.69 Å². The predicted molar refractivity (Wildman–Crippen MR) is 232 cm³/mol. The van der Waals surface area contributed by atoms with Crippen molar-refractivity contribution in [1.29, 1.82) is 0 Å². The predicted octanol–water partition coefficient (Wildman–Crippen LogP) is 11.1. The fourth-order valence-corrected chi connectivity index (χ4v) is 14.6. The molecule has 2 aliphatic rings. The second-order valence-electron chi connectivity index (χ2n) is 14.4. The lowest BCUT2D eigenvalue weighted by Gasteiger charge is -2.37. The molecule has 9 aromatic rings. The van der Waals surface area contributed by atoms with Gasteiger partial charge in [0.25, 0.3) is 0 Å². The standard InChI is InChI=1S/C52H35NOSi/c1-2-15-37(16-3-1)43-20-6-8-23-46(43)53(39-31-29-38(30-32-39)42-22-14-18-36-17-4-5-19-41(36)42)40-33-34-50-45(35-40)44-21-7-11-26-49(44)55(50)51-27-12-9-24-47(51)54-48-25-10-13-28-52(48)55/h1-35H. The number of hydrogen-bond acceptors (Lipinski definition) is 2. The van der Waals surface area contributed by atoms with Crippen molar-refractivity contribution >= 4 is 56.7 Å². The summed E-state index contributed by atoms with van der Waals surface area (Å²) in [6.07, 6.45) is 0. The molecule has 0 fully saturated rings. The van der Waals surface area contributed by atoms with Gasteiger partial charge >= 0.3 is 0 Å². The Morgan fingerprint density at radius 3 is 1.67 bits per heavy atom. The summed E-state index contributed by atoms with van der Waals surface area (Å²) in [5.41, 5.74) is 10.8. The first kappa shape index (κ1) is 31.6. The van der Waals surface area contributed by atoms with Crippen molar-refractivity contribution in [3.63, 3.8) is 0 Å². The van der Waals surface area contributed by atoms with Crippen LogP contribution in [0.15, 0.2) is 212 Å². The van der Waals surface area contributed by atoms with E-state index in [0.717, 1.165) is 28.6 Å². The third-order valence-corrected chi connectivity index (χ3v) is 16.5. The SMILES string of the molecule is c1ccc(-c2ccccc2N(c2ccc(-c3cccc4ccccc34)cc2)c2ccc3c(c2)-c2ccccc2[Si]32c3ccccc3Oc3ccccc32)cc1. The van der Waals surface area contributed by atoms with Crippen molar-refractivity contribution in [2.75, 3.05) is 4.90 Å². The molecule has 0 bridgehead atoms. The zero-order valence-electron chi connectivity index (χ0n) is 30.1. The van der Waals surface area contributed by atoms with Crippen LogP contribution in [0, 0.1) is 0 Å². The Hall–Kier alpha value is -6.94. The van der Waals surface area contributed by atoms with Gasteiger partial charge in [-0.1, -0.05) is 170 Å². The first-order valence-electron chi connectivity index (χ1n) is 18.9. The summed E-state index contributed by atoms with van der Waals surface area (Å²) in [5.74, 6) is 1.92. The molecule has 2 aliphatic heterocycles. The molecule has 0 aliphatic carbocycles. The van der Waals surface area contributed by atoms with E-state index in [1.807, 2.05) is 0 Å². The van der Waals surface area contributed by atoms with Gasteiger partial charge in [-0.2, -0.15) is 0 Å². The molecule has 2 nitrogen and oxygen atoms in total. The molecule has 0 aromatic heterocycles. The molecule has 9 aromatic carbocycles. The van der Waals surface area contributed by atoms with Crippen molar-refractivity contribution in [3.8, 4) is 44.9 Å². The summed E-state index contributed by atoms with van der Waals surface area (Å²) in [4.78, 5) is 2.44. The third kappa shape index (κ3) is 4.80. The zero-order valence-corrected chi connectivity index (χ0v) is 31.1. The number of para-hydroxylation sites is 3. The molecule has 258 valence electrons. The van der Waals surface area contributed by atoms with Gasteiger partial charge in [-0.3, -0.25) is 0 Å². The van der Waals surface area contributed by atoms with Crippen LogP contribution < -0.4 is 30.4 Å². The van der Waals surface area contributed by atoms with Gasteiger partial charge in [0, 0.05) is 16.9 Å². The molecule has 0 N–H and O–H groups in total. The average molecular weight is 718 g/mol. The fourth-order valence-electron chi connectivity index (χ4n) is 9.21. The molecule has 1 spiro atoms. The molecule has 2 heterocycles. The Labute approximate surface area is 322 Å². The molecule has 3 heteroatoms. The third-order valence-electron chi connectivity index (χ3n) is 11.5. The lowest BCUT2D eigenvalue weighted by atomic mass is 9.97. The number of rotatable bonds is 5. The van der Waals surface area contributed by atoms with Crippen LogP contribution in [0.3, 0.4) is 0 Å². The van der Waals surface area contributed by atoms with E-state index in [4.69, 9.17) is 4.74 Å². The minimum Gasteiger partial charge on any atom is -0.458 e. The maximum atomic E-state index is 6.62. The van der Waals surface area contributed by atoms with E-state index >= 15 is 0 Å². The van der Waals surface area contributed by atoms with Crippen LogP contribution in [0.4, 0.5) is 17.1 Å². The van der Waals surface area contributed by atoms with Gasteiger partial charge in [-0.05, 0) is 102 Å². The number of anilines is 3. The Balaban J connectivity index is 1.14. The van der Waals surface area contributed by atoms with E-state index in [1.54, 1.807) is 0 Å². The number of ether oxygens (including phenoxy) is 1. The van der Waals surface area contributed by atoms with Crippen molar-refractivity contribution in [2.45, 2.75) is 0 Å². The number of benzene rings is 9. The van der Waals surface area contributed by atoms with Crippen LogP contribution in [-0.2, 0) is 0 Å². The highest BCUT2D eigenvalue weighted by molar-refractivity contribution is 7.23. The Bertz CT molecular complexity index is 2870. The van der Waals surface area contributed by atoms with Crippen LogP contribution in [-0.4, -0.2) is 8.07 Å². The summed E-state index contributed by atoms with van der Waals surface area (Å²) in [6.45, 7) is 0. The van der Waals surface area contributed by atoms with Gasteiger partial charge in [0.2, 0.25) is 0 Å². The molecule has 0 atom stereocenters. The average Bonchev–Trinajstić information content (AvgIpc) is 3.54. The van der Waals surface area contributed by atoms with E-state index in [1.165, 1.54) is 64.9 Å². The zero-order chi connectivity index (χ0) is 36.3. The van der Waals surface area contributed by atoms with E-state index in [2.05, 4.69) is 217 Å². The highest BCUT2D eigenvalue weighted by Gasteiger charge is 2.53. The molecule has 0 saturated carbocycles. The number of fused-ring (bicyclic) bond motifs is 10. The van der Waals surface area contributed by atoms with Crippen molar-refractivity contribution < 1.29 is 4.74 Å². The van der Waals surface area contributed by atoms with Gasteiger partial charge in [-0.25, -0.2) is 0 Å². The molecular formula is C52H35NOSi. The normalized spacial score (nSPS) is 13.0. The topological polar surface area (TPSA) is 12.5 Å². The van der Waals surface area contributed by atoms with Gasteiger partial charge < -0.3 is 9.64 Å². The first-order chi connectivity index (χ1) is 27.3. The minimum absolute atomic E-state index is 0.962. The summed E-state index contributed by atoms with van der Waals surface area (Å²) in [6, 6.07) is 77.5. The highest BCUT2D eigenvalue weighted by Crippen LogP contribution is 2.44. The van der Waals surface area contributed by atoms with Crippen LogP contribution in [0.25, 0.3) is 44.2 Å². The quantitative estimate of drug-likeness (QED) is 0.164. The summed E-state index contributed by atoms with van der Waals surface area (Å²) >= 11 is 0. The molecule has 0 unspecified atom stereocenters. The van der Waals surface area contributed by atoms with E-state index < -0.39 is 8.07 Å². The molecule has 0 amide bonds. The van der Waals surface area contributed by atoms with E-state index in [-0.39, 0.29) is 0 Å².